The predicted octanol–water partition coefficient (Wildman–Crippen LogP) is 2.77. The van der Waals surface area contributed by atoms with Crippen molar-refractivity contribution in [2.45, 2.75) is 17.9 Å². The minimum absolute atomic E-state index is 0.0389. The van der Waals surface area contributed by atoms with Crippen molar-refractivity contribution in [1.29, 1.82) is 0 Å². The number of nitrogens with zero attached hydrogens (tertiary/aromatic N) is 1. The molecular formula is C16H17IN2O3S. The molecule has 23 heavy (non-hydrogen) atoms. The van der Waals surface area contributed by atoms with E-state index in [9.17, 15) is 13.2 Å². The predicted molar refractivity (Wildman–Crippen MR) is 97.5 cm³/mol. The molecule has 0 heterocycles. The monoisotopic (exact) mass is 444 g/mol. The zero-order chi connectivity index (χ0) is 17.2. The molecule has 0 bridgehead atoms. The standard InChI is InChI=1S/C16H17IN2O3S/c1-11(13-4-3-5-15(10-13)23(18,21)22)19(2)16(20)12-6-8-14(17)9-7-12/h3-11H,1-2H3,(H2,18,21,22). The summed E-state index contributed by atoms with van der Waals surface area (Å²) in [5.74, 6) is -0.130. The zero-order valence-corrected chi connectivity index (χ0v) is 15.7. The summed E-state index contributed by atoms with van der Waals surface area (Å²) in [5, 5.41) is 5.16. The molecule has 122 valence electrons. The van der Waals surface area contributed by atoms with Gasteiger partial charge in [-0.15, -0.1) is 0 Å². The van der Waals surface area contributed by atoms with E-state index in [-0.39, 0.29) is 16.8 Å². The Labute approximate surface area is 149 Å². The number of hydrogen-bond donors (Lipinski definition) is 1. The van der Waals surface area contributed by atoms with Crippen LogP contribution in [0.2, 0.25) is 0 Å². The van der Waals surface area contributed by atoms with Crippen LogP contribution in [0, 0.1) is 3.57 Å². The minimum atomic E-state index is -3.77. The van der Waals surface area contributed by atoms with E-state index in [1.54, 1.807) is 36.2 Å². The van der Waals surface area contributed by atoms with Gasteiger partial charge in [-0.25, -0.2) is 13.6 Å². The fourth-order valence-electron chi connectivity index (χ4n) is 2.15. The van der Waals surface area contributed by atoms with Gasteiger partial charge < -0.3 is 4.90 Å². The van der Waals surface area contributed by atoms with Crippen molar-refractivity contribution in [2.75, 3.05) is 7.05 Å². The van der Waals surface area contributed by atoms with Crippen molar-refractivity contribution in [3.8, 4) is 0 Å². The first-order chi connectivity index (χ1) is 10.7. The van der Waals surface area contributed by atoms with E-state index < -0.39 is 10.0 Å². The largest absolute Gasteiger partial charge is 0.335 e. The summed E-state index contributed by atoms with van der Waals surface area (Å²) < 4.78 is 24.0. The number of carbonyl (C=O) groups excluding carboxylic acids is 1. The Bertz CT molecular complexity index is 819. The molecule has 2 N–H and O–H groups in total. The van der Waals surface area contributed by atoms with E-state index in [2.05, 4.69) is 22.6 Å². The van der Waals surface area contributed by atoms with Crippen LogP contribution in [0.4, 0.5) is 0 Å². The van der Waals surface area contributed by atoms with Crippen LogP contribution < -0.4 is 5.14 Å². The minimum Gasteiger partial charge on any atom is -0.335 e. The first-order valence-corrected chi connectivity index (χ1v) is 9.48. The fraction of sp³-hybridized carbons (Fsp3) is 0.188. The molecule has 0 aliphatic rings. The Morgan fingerprint density at radius 1 is 1.17 bits per heavy atom. The second kappa shape index (κ2) is 6.98. The average molecular weight is 444 g/mol. The lowest BCUT2D eigenvalue weighted by molar-refractivity contribution is 0.0742. The van der Waals surface area contributed by atoms with Crippen molar-refractivity contribution in [1.82, 2.24) is 4.90 Å². The molecule has 0 aliphatic heterocycles. The molecule has 1 atom stereocenters. The molecule has 2 aromatic carbocycles. The summed E-state index contributed by atoms with van der Waals surface area (Å²) in [6.45, 7) is 1.84. The Morgan fingerprint density at radius 2 is 1.78 bits per heavy atom. The van der Waals surface area contributed by atoms with E-state index in [0.29, 0.717) is 11.1 Å². The smallest absolute Gasteiger partial charge is 0.254 e. The molecular weight excluding hydrogens is 427 g/mol. The molecule has 1 amide bonds. The Hall–Kier alpha value is -1.45. The molecule has 0 spiro atoms. The molecule has 5 nitrogen and oxygen atoms in total. The number of nitrogens with two attached hydrogens (primary N) is 1. The first kappa shape index (κ1) is 17.9. The number of hydrogen-bond acceptors (Lipinski definition) is 3. The number of primary sulfonamides is 1. The van der Waals surface area contributed by atoms with Gasteiger partial charge >= 0.3 is 0 Å². The van der Waals surface area contributed by atoms with Crippen LogP contribution in [0.15, 0.2) is 53.4 Å². The highest BCUT2D eigenvalue weighted by Gasteiger charge is 2.20. The molecule has 1 unspecified atom stereocenters. The van der Waals surface area contributed by atoms with Crippen LogP contribution in [0.25, 0.3) is 0 Å². The summed E-state index contributed by atoms with van der Waals surface area (Å²) in [4.78, 5) is 14.1. The second-order valence-electron chi connectivity index (χ2n) is 5.22. The van der Waals surface area contributed by atoms with Crippen molar-refractivity contribution in [3.05, 3.63) is 63.2 Å². The molecule has 0 saturated carbocycles. The van der Waals surface area contributed by atoms with Gasteiger partial charge in [0.2, 0.25) is 10.0 Å². The van der Waals surface area contributed by atoms with Crippen molar-refractivity contribution >= 4 is 38.5 Å². The third-order valence-corrected chi connectivity index (χ3v) is 5.29. The van der Waals surface area contributed by atoms with Gasteiger partial charge in [0.15, 0.2) is 0 Å². The number of carbonyl (C=O) groups is 1. The lowest BCUT2D eigenvalue weighted by atomic mass is 10.1. The van der Waals surface area contributed by atoms with Crippen molar-refractivity contribution in [3.63, 3.8) is 0 Å². The number of rotatable bonds is 4. The molecule has 7 heteroatoms. The maximum Gasteiger partial charge on any atom is 0.254 e. The fourth-order valence-corrected chi connectivity index (χ4v) is 3.08. The van der Waals surface area contributed by atoms with Crippen LogP contribution in [0.3, 0.4) is 0 Å². The first-order valence-electron chi connectivity index (χ1n) is 6.85. The molecule has 0 saturated heterocycles. The van der Waals surface area contributed by atoms with E-state index in [0.717, 1.165) is 3.57 Å². The lowest BCUT2D eigenvalue weighted by Gasteiger charge is -2.25. The maximum absolute atomic E-state index is 12.5. The van der Waals surface area contributed by atoms with Crippen LogP contribution in [-0.4, -0.2) is 26.3 Å². The summed E-state index contributed by atoms with van der Waals surface area (Å²) in [6, 6.07) is 13.3. The number of sulfonamides is 1. The van der Waals surface area contributed by atoms with Crippen LogP contribution >= 0.6 is 22.6 Å². The van der Waals surface area contributed by atoms with Crippen LogP contribution in [0.5, 0.6) is 0 Å². The van der Waals surface area contributed by atoms with E-state index in [1.165, 1.54) is 12.1 Å². The Balaban J connectivity index is 2.27. The quantitative estimate of drug-likeness (QED) is 0.737. The topological polar surface area (TPSA) is 80.5 Å². The summed E-state index contributed by atoms with van der Waals surface area (Å²) in [6.07, 6.45) is 0. The lowest BCUT2D eigenvalue weighted by Crippen LogP contribution is -2.29. The number of halogens is 1. The van der Waals surface area contributed by atoms with Crippen LogP contribution in [0.1, 0.15) is 28.9 Å². The molecule has 2 aromatic rings. The molecule has 0 fully saturated rings. The van der Waals surface area contributed by atoms with Crippen molar-refractivity contribution < 1.29 is 13.2 Å². The highest BCUT2D eigenvalue weighted by atomic mass is 127. The molecule has 2 rings (SSSR count). The van der Waals surface area contributed by atoms with Gasteiger partial charge in [0.25, 0.3) is 5.91 Å². The van der Waals surface area contributed by atoms with Gasteiger partial charge in [0.1, 0.15) is 0 Å². The highest BCUT2D eigenvalue weighted by molar-refractivity contribution is 14.1. The summed E-state index contributed by atoms with van der Waals surface area (Å²) >= 11 is 2.18. The van der Waals surface area contributed by atoms with Gasteiger partial charge in [-0.05, 0) is 71.5 Å². The highest BCUT2D eigenvalue weighted by Crippen LogP contribution is 2.23. The maximum atomic E-state index is 12.5. The van der Waals surface area contributed by atoms with Gasteiger partial charge in [0.05, 0.1) is 10.9 Å². The number of benzene rings is 2. The van der Waals surface area contributed by atoms with E-state index in [1.807, 2.05) is 19.1 Å². The second-order valence-corrected chi connectivity index (χ2v) is 8.02. The SMILES string of the molecule is CC(c1cccc(S(N)(=O)=O)c1)N(C)C(=O)c1ccc(I)cc1. The van der Waals surface area contributed by atoms with Crippen LogP contribution in [-0.2, 0) is 10.0 Å². The third-order valence-electron chi connectivity index (χ3n) is 3.66. The molecule has 0 radical (unpaired) electrons. The Kier molecular flexibility index (Phi) is 5.43. The van der Waals surface area contributed by atoms with Gasteiger partial charge in [0, 0.05) is 16.2 Å². The van der Waals surface area contributed by atoms with E-state index >= 15 is 0 Å². The molecule has 0 aromatic heterocycles. The molecule has 0 aliphatic carbocycles. The summed E-state index contributed by atoms with van der Waals surface area (Å²) in [5.41, 5.74) is 1.29. The number of amides is 1. The third kappa shape index (κ3) is 4.30. The van der Waals surface area contributed by atoms with Gasteiger partial charge in [-0.1, -0.05) is 12.1 Å². The van der Waals surface area contributed by atoms with Gasteiger partial charge in [-0.3, -0.25) is 4.79 Å². The Morgan fingerprint density at radius 3 is 2.35 bits per heavy atom. The normalized spacial score (nSPS) is 12.7. The summed E-state index contributed by atoms with van der Waals surface area (Å²) in [7, 11) is -2.08. The zero-order valence-electron chi connectivity index (χ0n) is 12.7. The average Bonchev–Trinajstić information content (AvgIpc) is 2.53. The van der Waals surface area contributed by atoms with Gasteiger partial charge in [-0.2, -0.15) is 0 Å². The van der Waals surface area contributed by atoms with E-state index in [4.69, 9.17) is 5.14 Å². The van der Waals surface area contributed by atoms with Crippen molar-refractivity contribution in [2.24, 2.45) is 5.14 Å².